The first-order valence-corrected chi connectivity index (χ1v) is 7.02. The first-order chi connectivity index (χ1) is 10.0. The number of aromatic nitrogens is 3. The van der Waals surface area contributed by atoms with E-state index < -0.39 is 5.97 Å². The minimum Gasteiger partial charge on any atom is -0.478 e. The minimum atomic E-state index is -0.967. The van der Waals surface area contributed by atoms with Gasteiger partial charge in [0.1, 0.15) is 5.82 Å². The van der Waals surface area contributed by atoms with E-state index in [1.807, 2.05) is 39.0 Å². The normalized spacial score (nSPS) is 11.2. The Morgan fingerprint density at radius 3 is 2.71 bits per heavy atom. The van der Waals surface area contributed by atoms with Crippen LogP contribution in [-0.4, -0.2) is 25.8 Å². The standard InChI is InChI=1S/C16H19N3O2/c1-4-14-17-15(5-2)19(18-14)13-8-6-11(3)10-12(13)7-9-16(20)21/h6-10H,4-5H2,1-3H3,(H,20,21)/b9-7+. The van der Waals surface area contributed by atoms with Gasteiger partial charge in [-0.3, -0.25) is 0 Å². The fraction of sp³-hybridized carbons (Fsp3) is 0.312. The molecule has 5 heteroatoms. The number of nitrogens with zero attached hydrogens (tertiary/aromatic N) is 3. The average molecular weight is 285 g/mol. The average Bonchev–Trinajstić information content (AvgIpc) is 2.88. The summed E-state index contributed by atoms with van der Waals surface area (Å²) in [5, 5.41) is 13.3. The van der Waals surface area contributed by atoms with Crippen molar-refractivity contribution in [2.75, 3.05) is 0 Å². The lowest BCUT2D eigenvalue weighted by Crippen LogP contribution is -2.04. The lowest BCUT2D eigenvalue weighted by molar-refractivity contribution is -0.131. The highest BCUT2D eigenvalue weighted by atomic mass is 16.4. The quantitative estimate of drug-likeness (QED) is 0.858. The molecule has 110 valence electrons. The molecule has 1 aromatic heterocycles. The summed E-state index contributed by atoms with van der Waals surface area (Å²) < 4.78 is 1.81. The third-order valence-corrected chi connectivity index (χ3v) is 3.17. The van der Waals surface area contributed by atoms with E-state index in [0.717, 1.165) is 47.4 Å². The largest absolute Gasteiger partial charge is 0.478 e. The Bertz CT molecular complexity index is 687. The Morgan fingerprint density at radius 2 is 2.10 bits per heavy atom. The monoisotopic (exact) mass is 285 g/mol. The molecule has 2 aromatic rings. The molecule has 0 spiro atoms. The number of carboxylic acid groups (broad SMARTS) is 1. The van der Waals surface area contributed by atoms with Crippen LogP contribution in [0.2, 0.25) is 0 Å². The Balaban J connectivity index is 2.57. The van der Waals surface area contributed by atoms with Gasteiger partial charge >= 0.3 is 5.97 Å². The highest BCUT2D eigenvalue weighted by molar-refractivity contribution is 5.86. The molecule has 2 rings (SSSR count). The summed E-state index contributed by atoms with van der Waals surface area (Å²) in [5.74, 6) is 0.701. The second-order valence-corrected chi connectivity index (χ2v) is 4.80. The van der Waals surface area contributed by atoms with E-state index in [4.69, 9.17) is 5.11 Å². The van der Waals surface area contributed by atoms with Gasteiger partial charge in [0.2, 0.25) is 0 Å². The zero-order valence-corrected chi connectivity index (χ0v) is 12.5. The van der Waals surface area contributed by atoms with Crippen molar-refractivity contribution in [3.63, 3.8) is 0 Å². The van der Waals surface area contributed by atoms with E-state index in [1.54, 1.807) is 10.8 Å². The zero-order chi connectivity index (χ0) is 15.4. The predicted octanol–water partition coefficient (Wildman–Crippen LogP) is 2.80. The third-order valence-electron chi connectivity index (χ3n) is 3.17. The van der Waals surface area contributed by atoms with Gasteiger partial charge in [-0.05, 0) is 25.1 Å². The number of carbonyl (C=O) groups is 1. The topological polar surface area (TPSA) is 68.0 Å². The maximum atomic E-state index is 10.8. The first-order valence-electron chi connectivity index (χ1n) is 7.02. The van der Waals surface area contributed by atoms with Crippen molar-refractivity contribution in [1.29, 1.82) is 0 Å². The SMILES string of the molecule is CCc1nc(CC)n(-c2ccc(C)cc2/C=C/C(=O)O)n1. The molecule has 0 aliphatic carbocycles. The van der Waals surface area contributed by atoms with E-state index in [9.17, 15) is 4.79 Å². The Kier molecular flexibility index (Phi) is 4.52. The van der Waals surface area contributed by atoms with Crippen LogP contribution in [-0.2, 0) is 17.6 Å². The number of hydrogen-bond donors (Lipinski definition) is 1. The number of aliphatic carboxylic acids is 1. The lowest BCUT2D eigenvalue weighted by Gasteiger charge is -2.09. The van der Waals surface area contributed by atoms with Crippen molar-refractivity contribution < 1.29 is 9.90 Å². The van der Waals surface area contributed by atoms with Crippen LogP contribution in [0.1, 0.15) is 36.6 Å². The van der Waals surface area contributed by atoms with E-state index in [0.29, 0.717) is 0 Å². The van der Waals surface area contributed by atoms with Crippen LogP contribution in [0.3, 0.4) is 0 Å². The Hall–Kier alpha value is -2.43. The molecule has 0 saturated carbocycles. The number of aryl methyl sites for hydroxylation is 3. The minimum absolute atomic E-state index is 0.767. The molecule has 0 amide bonds. The molecule has 0 fully saturated rings. The second kappa shape index (κ2) is 6.35. The fourth-order valence-electron chi connectivity index (χ4n) is 2.12. The van der Waals surface area contributed by atoms with Gasteiger partial charge < -0.3 is 5.11 Å². The summed E-state index contributed by atoms with van der Waals surface area (Å²) in [6.45, 7) is 6.02. The van der Waals surface area contributed by atoms with Gasteiger partial charge in [0.05, 0.1) is 5.69 Å². The van der Waals surface area contributed by atoms with Gasteiger partial charge in [-0.25, -0.2) is 14.5 Å². The van der Waals surface area contributed by atoms with E-state index in [1.165, 1.54) is 0 Å². The maximum Gasteiger partial charge on any atom is 0.328 e. The zero-order valence-electron chi connectivity index (χ0n) is 12.5. The van der Waals surface area contributed by atoms with Gasteiger partial charge in [-0.2, -0.15) is 5.10 Å². The highest BCUT2D eigenvalue weighted by Gasteiger charge is 2.11. The van der Waals surface area contributed by atoms with Crippen LogP contribution >= 0.6 is 0 Å². The van der Waals surface area contributed by atoms with Gasteiger partial charge in [-0.1, -0.05) is 25.5 Å². The number of rotatable bonds is 5. The predicted molar refractivity (Wildman–Crippen MR) is 81.5 cm³/mol. The summed E-state index contributed by atoms with van der Waals surface area (Å²) in [6, 6.07) is 5.88. The molecule has 0 aliphatic rings. The van der Waals surface area contributed by atoms with Crippen LogP contribution < -0.4 is 0 Å². The van der Waals surface area contributed by atoms with Crippen LogP contribution in [0.4, 0.5) is 0 Å². The summed E-state index contributed by atoms with van der Waals surface area (Å²) in [6.07, 6.45) is 4.27. The van der Waals surface area contributed by atoms with Crippen molar-refractivity contribution in [2.45, 2.75) is 33.6 Å². The van der Waals surface area contributed by atoms with Crippen molar-refractivity contribution in [3.8, 4) is 5.69 Å². The molecule has 5 nitrogen and oxygen atoms in total. The molecule has 0 unspecified atom stereocenters. The summed E-state index contributed by atoms with van der Waals surface area (Å²) in [4.78, 5) is 15.3. The smallest absolute Gasteiger partial charge is 0.328 e. The van der Waals surface area contributed by atoms with Gasteiger partial charge in [0, 0.05) is 24.5 Å². The third kappa shape index (κ3) is 3.37. The highest BCUT2D eigenvalue weighted by Crippen LogP contribution is 2.19. The number of carboxylic acids is 1. The lowest BCUT2D eigenvalue weighted by atomic mass is 10.1. The maximum absolute atomic E-state index is 10.8. The van der Waals surface area contributed by atoms with Crippen LogP contribution in [0, 0.1) is 6.92 Å². The Labute approximate surface area is 124 Å². The van der Waals surface area contributed by atoms with Gasteiger partial charge in [-0.15, -0.1) is 0 Å². The number of hydrogen-bond acceptors (Lipinski definition) is 3. The molecule has 1 aromatic carbocycles. The number of benzene rings is 1. The van der Waals surface area contributed by atoms with E-state index in [2.05, 4.69) is 10.1 Å². The Morgan fingerprint density at radius 1 is 1.33 bits per heavy atom. The molecule has 21 heavy (non-hydrogen) atoms. The van der Waals surface area contributed by atoms with Gasteiger partial charge in [0.15, 0.2) is 5.82 Å². The van der Waals surface area contributed by atoms with Crippen LogP contribution in [0.25, 0.3) is 11.8 Å². The molecule has 1 N–H and O–H groups in total. The van der Waals surface area contributed by atoms with Crippen molar-refractivity contribution in [3.05, 3.63) is 47.1 Å². The first kappa shape index (κ1) is 15.0. The van der Waals surface area contributed by atoms with Crippen molar-refractivity contribution >= 4 is 12.0 Å². The molecule has 0 radical (unpaired) electrons. The van der Waals surface area contributed by atoms with Crippen molar-refractivity contribution in [2.24, 2.45) is 0 Å². The van der Waals surface area contributed by atoms with E-state index >= 15 is 0 Å². The van der Waals surface area contributed by atoms with Crippen molar-refractivity contribution in [1.82, 2.24) is 14.8 Å². The van der Waals surface area contributed by atoms with Crippen LogP contribution in [0.5, 0.6) is 0 Å². The second-order valence-electron chi connectivity index (χ2n) is 4.80. The van der Waals surface area contributed by atoms with E-state index in [-0.39, 0.29) is 0 Å². The summed E-state index contributed by atoms with van der Waals surface area (Å²) in [5.41, 5.74) is 2.74. The molecule has 1 heterocycles. The summed E-state index contributed by atoms with van der Waals surface area (Å²) in [7, 11) is 0. The molecular weight excluding hydrogens is 266 g/mol. The molecule has 0 saturated heterocycles. The fourth-order valence-corrected chi connectivity index (χ4v) is 2.12. The molecule has 0 bridgehead atoms. The molecular formula is C16H19N3O2. The molecule has 0 atom stereocenters. The summed E-state index contributed by atoms with van der Waals surface area (Å²) >= 11 is 0. The molecule has 0 aliphatic heterocycles. The van der Waals surface area contributed by atoms with Gasteiger partial charge in [0.25, 0.3) is 0 Å². The van der Waals surface area contributed by atoms with Crippen LogP contribution in [0.15, 0.2) is 24.3 Å².